The van der Waals surface area contributed by atoms with Crippen LogP contribution in [0.2, 0.25) is 0 Å². The van der Waals surface area contributed by atoms with E-state index in [-0.39, 0.29) is 5.91 Å². The van der Waals surface area contributed by atoms with Crippen molar-refractivity contribution in [1.29, 1.82) is 0 Å². The topological polar surface area (TPSA) is 64.8 Å². The highest BCUT2D eigenvalue weighted by atomic mass is 16.5. The second kappa shape index (κ2) is 10.0. The molecule has 3 rings (SSSR count). The van der Waals surface area contributed by atoms with E-state index in [1.807, 2.05) is 49.4 Å². The van der Waals surface area contributed by atoms with Crippen molar-refractivity contribution in [2.45, 2.75) is 6.92 Å². The number of carbonyl (C=O) groups excluding carboxylic acids is 1. The largest absolute Gasteiger partial charge is 0.436 e. The normalized spacial score (nSPS) is 10.9. The lowest BCUT2D eigenvalue weighted by Gasteiger charge is -2.23. The maximum absolute atomic E-state index is 13.2. The summed E-state index contributed by atoms with van der Waals surface area (Å²) in [4.78, 5) is 19.4. The van der Waals surface area contributed by atoms with Gasteiger partial charge in [-0.3, -0.25) is 4.79 Å². The van der Waals surface area contributed by atoms with Gasteiger partial charge in [-0.2, -0.15) is 0 Å². The van der Waals surface area contributed by atoms with Crippen molar-refractivity contribution < 1.29 is 18.7 Å². The van der Waals surface area contributed by atoms with Gasteiger partial charge in [0.25, 0.3) is 5.91 Å². The number of methoxy groups -OCH3 is 2. The van der Waals surface area contributed by atoms with Crippen LogP contribution >= 0.6 is 0 Å². The van der Waals surface area contributed by atoms with Crippen LogP contribution in [-0.4, -0.2) is 56.3 Å². The average Bonchev–Trinajstić information content (AvgIpc) is 3.24. The Hall–Kier alpha value is -2.96. The van der Waals surface area contributed by atoms with Gasteiger partial charge in [-0.25, -0.2) is 4.98 Å². The first-order valence-corrected chi connectivity index (χ1v) is 9.53. The highest BCUT2D eigenvalue weighted by Gasteiger charge is 2.21. The van der Waals surface area contributed by atoms with Gasteiger partial charge in [0.05, 0.1) is 25.0 Å². The first-order chi connectivity index (χ1) is 14.1. The SMILES string of the molecule is COCCN(CCOC)C(=O)c1ccccc1-c1ncc(-c2ccc(C)cc2)o1. The summed E-state index contributed by atoms with van der Waals surface area (Å²) in [5.74, 6) is 0.977. The minimum absolute atomic E-state index is 0.107. The fourth-order valence-corrected chi connectivity index (χ4v) is 2.99. The second-order valence-electron chi connectivity index (χ2n) is 6.72. The zero-order valence-electron chi connectivity index (χ0n) is 17.1. The van der Waals surface area contributed by atoms with Gasteiger partial charge >= 0.3 is 0 Å². The zero-order chi connectivity index (χ0) is 20.6. The molecule has 6 nitrogen and oxygen atoms in total. The molecule has 1 heterocycles. The van der Waals surface area contributed by atoms with Gasteiger partial charge in [0.2, 0.25) is 5.89 Å². The maximum atomic E-state index is 13.2. The van der Waals surface area contributed by atoms with E-state index in [0.29, 0.717) is 49.1 Å². The van der Waals surface area contributed by atoms with Crippen LogP contribution in [0.1, 0.15) is 15.9 Å². The van der Waals surface area contributed by atoms with E-state index >= 15 is 0 Å². The summed E-state index contributed by atoms with van der Waals surface area (Å²) in [5, 5.41) is 0. The lowest BCUT2D eigenvalue weighted by atomic mass is 10.1. The van der Waals surface area contributed by atoms with E-state index in [4.69, 9.17) is 13.9 Å². The number of amides is 1. The van der Waals surface area contributed by atoms with Gasteiger partial charge < -0.3 is 18.8 Å². The van der Waals surface area contributed by atoms with E-state index in [1.54, 1.807) is 31.4 Å². The first-order valence-electron chi connectivity index (χ1n) is 9.53. The van der Waals surface area contributed by atoms with E-state index in [9.17, 15) is 4.79 Å². The summed E-state index contributed by atoms with van der Waals surface area (Å²) >= 11 is 0. The molecule has 0 saturated heterocycles. The molecule has 1 aromatic heterocycles. The Kier molecular flexibility index (Phi) is 7.16. The number of hydrogen-bond acceptors (Lipinski definition) is 5. The standard InChI is InChI=1S/C23H26N2O4/c1-17-8-10-18(11-9-17)21-16-24-22(29-21)19-6-4-5-7-20(19)23(26)25(12-14-27-2)13-15-28-3/h4-11,16H,12-15H2,1-3H3. The molecule has 152 valence electrons. The number of aryl methyl sites for hydroxylation is 1. The van der Waals surface area contributed by atoms with Crippen LogP contribution in [0.5, 0.6) is 0 Å². The third-order valence-electron chi connectivity index (χ3n) is 4.65. The molecule has 0 radical (unpaired) electrons. The molecule has 0 aliphatic rings. The Bertz CT molecular complexity index is 926. The predicted octanol–water partition coefficient (Wildman–Crippen LogP) is 4.05. The molecule has 0 N–H and O–H groups in total. The van der Waals surface area contributed by atoms with Crippen LogP contribution in [0.15, 0.2) is 59.1 Å². The maximum Gasteiger partial charge on any atom is 0.254 e. The van der Waals surface area contributed by atoms with Gasteiger partial charge in [0.1, 0.15) is 0 Å². The molecule has 0 fully saturated rings. The van der Waals surface area contributed by atoms with Crippen LogP contribution in [0.3, 0.4) is 0 Å². The fraction of sp³-hybridized carbons (Fsp3) is 0.304. The number of carbonyl (C=O) groups is 1. The van der Waals surface area contributed by atoms with Crippen molar-refractivity contribution in [2.75, 3.05) is 40.5 Å². The number of benzene rings is 2. The summed E-state index contributed by atoms with van der Waals surface area (Å²) in [7, 11) is 3.23. The summed E-state index contributed by atoms with van der Waals surface area (Å²) in [5.41, 5.74) is 3.32. The van der Waals surface area contributed by atoms with E-state index in [2.05, 4.69) is 4.98 Å². The second-order valence-corrected chi connectivity index (χ2v) is 6.72. The van der Waals surface area contributed by atoms with Gasteiger partial charge in [0.15, 0.2) is 5.76 Å². The molecule has 0 bridgehead atoms. The average molecular weight is 394 g/mol. The Morgan fingerprint density at radius 2 is 1.66 bits per heavy atom. The van der Waals surface area contributed by atoms with Crippen LogP contribution in [0.4, 0.5) is 0 Å². The van der Waals surface area contributed by atoms with Crippen LogP contribution in [0.25, 0.3) is 22.8 Å². The van der Waals surface area contributed by atoms with E-state index < -0.39 is 0 Å². The Morgan fingerprint density at radius 1 is 1.00 bits per heavy atom. The van der Waals surface area contributed by atoms with Crippen molar-refractivity contribution in [3.63, 3.8) is 0 Å². The lowest BCUT2D eigenvalue weighted by molar-refractivity contribution is 0.0628. The van der Waals surface area contributed by atoms with Gasteiger partial charge in [-0.05, 0) is 19.1 Å². The molecule has 6 heteroatoms. The smallest absolute Gasteiger partial charge is 0.254 e. The van der Waals surface area contributed by atoms with Crippen LogP contribution < -0.4 is 0 Å². The molecule has 0 aliphatic carbocycles. The van der Waals surface area contributed by atoms with Gasteiger partial charge in [0, 0.05) is 38.4 Å². The first kappa shape index (κ1) is 20.8. The molecule has 0 saturated carbocycles. The van der Waals surface area contributed by atoms with Crippen molar-refractivity contribution in [1.82, 2.24) is 9.88 Å². The molecule has 3 aromatic rings. The zero-order valence-corrected chi connectivity index (χ0v) is 17.1. The molecule has 0 atom stereocenters. The Morgan fingerprint density at radius 3 is 2.31 bits per heavy atom. The van der Waals surface area contributed by atoms with Gasteiger partial charge in [-0.15, -0.1) is 0 Å². The highest BCUT2D eigenvalue weighted by molar-refractivity contribution is 6.00. The van der Waals surface area contributed by atoms with Crippen LogP contribution in [0, 0.1) is 6.92 Å². The van der Waals surface area contributed by atoms with E-state index in [1.165, 1.54) is 5.56 Å². The summed E-state index contributed by atoms with van der Waals surface area (Å²) in [6.07, 6.45) is 1.69. The van der Waals surface area contributed by atoms with Crippen molar-refractivity contribution in [3.05, 3.63) is 65.9 Å². The molecule has 0 spiro atoms. The van der Waals surface area contributed by atoms with Crippen molar-refractivity contribution >= 4 is 5.91 Å². The molecule has 1 amide bonds. The molecule has 2 aromatic carbocycles. The third kappa shape index (κ3) is 5.10. The number of ether oxygens (including phenoxy) is 2. The number of nitrogens with zero attached hydrogens (tertiary/aromatic N) is 2. The summed E-state index contributed by atoms with van der Waals surface area (Å²) in [6, 6.07) is 15.4. The van der Waals surface area contributed by atoms with Gasteiger partial charge in [-0.1, -0.05) is 42.0 Å². The lowest BCUT2D eigenvalue weighted by Crippen LogP contribution is -2.36. The molecular weight excluding hydrogens is 368 g/mol. The number of oxazole rings is 1. The monoisotopic (exact) mass is 394 g/mol. The fourth-order valence-electron chi connectivity index (χ4n) is 2.99. The minimum Gasteiger partial charge on any atom is -0.436 e. The molecule has 0 unspecified atom stereocenters. The van der Waals surface area contributed by atoms with Crippen molar-refractivity contribution in [2.24, 2.45) is 0 Å². The molecular formula is C23H26N2O4. The van der Waals surface area contributed by atoms with E-state index in [0.717, 1.165) is 5.56 Å². The Balaban J connectivity index is 1.90. The van der Waals surface area contributed by atoms with Crippen molar-refractivity contribution in [3.8, 4) is 22.8 Å². The quantitative estimate of drug-likeness (QED) is 0.548. The number of rotatable bonds is 9. The minimum atomic E-state index is -0.107. The molecule has 29 heavy (non-hydrogen) atoms. The summed E-state index contributed by atoms with van der Waals surface area (Å²) in [6.45, 7) is 3.90. The third-order valence-corrected chi connectivity index (χ3v) is 4.65. The molecule has 0 aliphatic heterocycles. The Labute approximate surface area is 171 Å². The number of aromatic nitrogens is 1. The number of hydrogen-bond donors (Lipinski definition) is 0. The highest BCUT2D eigenvalue weighted by Crippen LogP contribution is 2.29. The van der Waals surface area contributed by atoms with Crippen LogP contribution in [-0.2, 0) is 9.47 Å². The summed E-state index contributed by atoms with van der Waals surface area (Å²) < 4.78 is 16.3. The predicted molar refractivity (Wildman–Crippen MR) is 112 cm³/mol.